The fourth-order valence-corrected chi connectivity index (χ4v) is 2.17. The van der Waals surface area contributed by atoms with Crippen LogP contribution in [-0.4, -0.2) is 11.9 Å². The van der Waals surface area contributed by atoms with Crippen molar-refractivity contribution in [3.05, 3.63) is 71.3 Å². The van der Waals surface area contributed by atoms with E-state index < -0.39 is 0 Å². The van der Waals surface area contributed by atoms with Crippen molar-refractivity contribution in [1.29, 1.82) is 0 Å². The van der Waals surface area contributed by atoms with Crippen molar-refractivity contribution in [2.24, 2.45) is 0 Å². The van der Waals surface area contributed by atoms with Crippen LogP contribution in [-0.2, 0) is 4.74 Å². The van der Waals surface area contributed by atoms with E-state index in [9.17, 15) is 4.79 Å². The summed E-state index contributed by atoms with van der Waals surface area (Å²) in [6.07, 6.45) is -0.381. The zero-order valence-corrected chi connectivity index (χ0v) is 10.2. The van der Waals surface area contributed by atoms with E-state index >= 15 is 0 Å². The number of epoxide rings is 1. The monoisotopic (exact) mass is 238 g/mol. The lowest BCUT2D eigenvalue weighted by Gasteiger charge is -1.99. The highest BCUT2D eigenvalue weighted by molar-refractivity contribution is 6.01. The van der Waals surface area contributed by atoms with Crippen molar-refractivity contribution in [3.8, 4) is 0 Å². The first-order valence-corrected chi connectivity index (χ1v) is 6.07. The van der Waals surface area contributed by atoms with E-state index in [1.807, 2.05) is 61.5 Å². The molecule has 3 rings (SSSR count). The predicted molar refractivity (Wildman–Crippen MR) is 69.6 cm³/mol. The van der Waals surface area contributed by atoms with Crippen LogP contribution in [0.5, 0.6) is 0 Å². The zero-order chi connectivity index (χ0) is 12.5. The summed E-state index contributed by atoms with van der Waals surface area (Å²) >= 11 is 0. The molecule has 0 N–H and O–H groups in total. The maximum absolute atomic E-state index is 12.2. The van der Waals surface area contributed by atoms with Crippen LogP contribution < -0.4 is 0 Å². The Labute approximate surface area is 106 Å². The van der Waals surface area contributed by atoms with E-state index in [1.54, 1.807) is 0 Å². The molecule has 0 amide bonds. The van der Waals surface area contributed by atoms with E-state index in [-0.39, 0.29) is 18.0 Å². The number of ether oxygens (including phenoxy) is 1. The van der Waals surface area contributed by atoms with Gasteiger partial charge in [0.2, 0.25) is 0 Å². The average Bonchev–Trinajstić information content (AvgIpc) is 3.19. The van der Waals surface area contributed by atoms with Gasteiger partial charge in [-0.25, -0.2) is 0 Å². The zero-order valence-electron chi connectivity index (χ0n) is 10.2. The molecule has 1 heterocycles. The highest BCUT2D eigenvalue weighted by Crippen LogP contribution is 2.40. The first-order chi connectivity index (χ1) is 8.75. The summed E-state index contributed by atoms with van der Waals surface area (Å²) in [5, 5.41) is 0. The van der Waals surface area contributed by atoms with E-state index in [4.69, 9.17) is 4.74 Å². The van der Waals surface area contributed by atoms with Gasteiger partial charge in [0, 0.05) is 5.56 Å². The molecule has 18 heavy (non-hydrogen) atoms. The van der Waals surface area contributed by atoms with Gasteiger partial charge >= 0.3 is 0 Å². The molecule has 0 aliphatic carbocycles. The van der Waals surface area contributed by atoms with Crippen LogP contribution in [0.4, 0.5) is 0 Å². The number of Topliss-reactive ketones (excluding diaryl/α,β-unsaturated/α-hetero) is 1. The number of hydrogen-bond donors (Lipinski definition) is 0. The molecular formula is C16H14O2. The lowest BCUT2D eigenvalue weighted by molar-refractivity contribution is 0.0953. The molecule has 1 aliphatic rings. The minimum Gasteiger partial charge on any atom is -0.356 e. The standard InChI is InChI=1S/C16H14O2/c1-11-6-5-9-13(10-11)14(17)16-15(18-16)12-7-3-2-4-8-12/h2-10,15-16H,1H3/t15-,16-/m0/s1. The largest absolute Gasteiger partial charge is 0.356 e. The number of aryl methyl sites for hydroxylation is 1. The molecule has 0 saturated carbocycles. The molecule has 2 nitrogen and oxygen atoms in total. The van der Waals surface area contributed by atoms with Crippen molar-refractivity contribution < 1.29 is 9.53 Å². The molecular weight excluding hydrogens is 224 g/mol. The SMILES string of the molecule is Cc1cccc(C(=O)[C@@H]2O[C@H]2c2ccccc2)c1. The first kappa shape index (κ1) is 11.2. The summed E-state index contributed by atoms with van der Waals surface area (Å²) in [6.45, 7) is 1.99. The molecule has 0 unspecified atom stereocenters. The summed E-state index contributed by atoms with van der Waals surface area (Å²) in [5.41, 5.74) is 2.90. The lowest BCUT2D eigenvalue weighted by atomic mass is 10.0. The van der Waals surface area contributed by atoms with Gasteiger partial charge in [0.15, 0.2) is 11.9 Å². The Kier molecular flexibility index (Phi) is 2.73. The van der Waals surface area contributed by atoms with Crippen molar-refractivity contribution in [2.45, 2.75) is 19.1 Å². The fourth-order valence-electron chi connectivity index (χ4n) is 2.17. The minimum atomic E-state index is -0.311. The van der Waals surface area contributed by atoms with Gasteiger partial charge in [-0.2, -0.15) is 0 Å². The molecule has 90 valence electrons. The Bertz CT molecular complexity index is 575. The average molecular weight is 238 g/mol. The Morgan fingerprint density at radius 1 is 1.06 bits per heavy atom. The normalized spacial score (nSPS) is 21.6. The van der Waals surface area contributed by atoms with Gasteiger partial charge in [0.1, 0.15) is 6.10 Å². The maximum Gasteiger partial charge on any atom is 0.194 e. The Hall–Kier alpha value is -1.93. The van der Waals surface area contributed by atoms with Crippen molar-refractivity contribution >= 4 is 5.78 Å². The van der Waals surface area contributed by atoms with Gasteiger partial charge in [-0.3, -0.25) is 4.79 Å². The van der Waals surface area contributed by atoms with Crippen LogP contribution in [0.15, 0.2) is 54.6 Å². The van der Waals surface area contributed by atoms with E-state index in [0.29, 0.717) is 0 Å². The summed E-state index contributed by atoms with van der Waals surface area (Å²) in [5.74, 6) is 0.0764. The van der Waals surface area contributed by atoms with Crippen LogP contribution in [0.3, 0.4) is 0 Å². The highest BCUT2D eigenvalue weighted by Gasteiger charge is 2.45. The van der Waals surface area contributed by atoms with Gasteiger partial charge in [0.25, 0.3) is 0 Å². The highest BCUT2D eigenvalue weighted by atomic mass is 16.6. The number of hydrogen-bond acceptors (Lipinski definition) is 2. The first-order valence-electron chi connectivity index (χ1n) is 6.07. The number of ketones is 1. The van der Waals surface area contributed by atoms with Crippen LogP contribution in [0.25, 0.3) is 0 Å². The Balaban J connectivity index is 1.77. The Morgan fingerprint density at radius 3 is 2.56 bits per heavy atom. The van der Waals surface area contributed by atoms with Crippen LogP contribution in [0, 0.1) is 6.92 Å². The van der Waals surface area contributed by atoms with E-state index in [2.05, 4.69) is 0 Å². The summed E-state index contributed by atoms with van der Waals surface area (Å²) < 4.78 is 5.51. The molecule has 2 heteroatoms. The molecule has 1 aliphatic heterocycles. The quantitative estimate of drug-likeness (QED) is 0.606. The lowest BCUT2D eigenvalue weighted by Crippen LogP contribution is -2.08. The third-order valence-electron chi connectivity index (χ3n) is 3.18. The summed E-state index contributed by atoms with van der Waals surface area (Å²) in [6, 6.07) is 17.5. The molecule has 1 fully saturated rings. The second-order valence-corrected chi connectivity index (χ2v) is 4.62. The third kappa shape index (κ3) is 2.07. The maximum atomic E-state index is 12.2. The number of benzene rings is 2. The second kappa shape index (κ2) is 4.39. The molecule has 1 saturated heterocycles. The van der Waals surface area contributed by atoms with Crippen LogP contribution >= 0.6 is 0 Å². The molecule has 0 radical (unpaired) electrons. The van der Waals surface area contributed by atoms with Gasteiger partial charge in [-0.05, 0) is 18.6 Å². The molecule has 0 spiro atoms. The van der Waals surface area contributed by atoms with Gasteiger partial charge < -0.3 is 4.74 Å². The molecule has 2 aromatic rings. The summed E-state index contributed by atoms with van der Waals surface area (Å²) in [4.78, 5) is 12.2. The van der Waals surface area contributed by atoms with Crippen LogP contribution in [0.2, 0.25) is 0 Å². The molecule has 2 atom stereocenters. The molecule has 2 aromatic carbocycles. The van der Waals surface area contributed by atoms with Crippen LogP contribution in [0.1, 0.15) is 27.6 Å². The van der Waals surface area contributed by atoms with Gasteiger partial charge in [0.05, 0.1) is 0 Å². The predicted octanol–water partition coefficient (Wildman–Crippen LogP) is 3.32. The molecule has 0 aromatic heterocycles. The number of rotatable bonds is 3. The second-order valence-electron chi connectivity index (χ2n) is 4.62. The fraction of sp³-hybridized carbons (Fsp3) is 0.188. The third-order valence-corrected chi connectivity index (χ3v) is 3.18. The van der Waals surface area contributed by atoms with Crippen molar-refractivity contribution in [2.75, 3.05) is 0 Å². The van der Waals surface area contributed by atoms with Crippen molar-refractivity contribution in [3.63, 3.8) is 0 Å². The van der Waals surface area contributed by atoms with E-state index in [0.717, 1.165) is 16.7 Å². The van der Waals surface area contributed by atoms with E-state index in [1.165, 1.54) is 0 Å². The topological polar surface area (TPSA) is 29.6 Å². The summed E-state index contributed by atoms with van der Waals surface area (Å²) in [7, 11) is 0. The van der Waals surface area contributed by atoms with Gasteiger partial charge in [-0.15, -0.1) is 0 Å². The number of carbonyl (C=O) groups excluding carboxylic acids is 1. The minimum absolute atomic E-state index is 0.0702. The molecule has 0 bridgehead atoms. The van der Waals surface area contributed by atoms with Crippen molar-refractivity contribution in [1.82, 2.24) is 0 Å². The smallest absolute Gasteiger partial charge is 0.194 e. The number of carbonyl (C=O) groups is 1. The Morgan fingerprint density at radius 2 is 1.83 bits per heavy atom. The van der Waals surface area contributed by atoms with Gasteiger partial charge in [-0.1, -0.05) is 54.1 Å².